The highest BCUT2D eigenvalue weighted by molar-refractivity contribution is 5.83. The van der Waals surface area contributed by atoms with Crippen LogP contribution >= 0.6 is 0 Å². The minimum absolute atomic E-state index is 0.0318. The van der Waals surface area contributed by atoms with E-state index in [2.05, 4.69) is 0 Å². The SMILES string of the molecule is OCc1cccc2c1ccn2Cc1cc(F)cc(F)c1. The Kier molecular flexibility index (Phi) is 3.24. The van der Waals surface area contributed by atoms with Gasteiger partial charge >= 0.3 is 0 Å². The molecule has 0 fully saturated rings. The first-order valence-electron chi connectivity index (χ1n) is 6.30. The van der Waals surface area contributed by atoms with Crippen molar-refractivity contribution in [2.24, 2.45) is 0 Å². The van der Waals surface area contributed by atoms with Crippen LogP contribution in [0.2, 0.25) is 0 Å². The summed E-state index contributed by atoms with van der Waals surface area (Å²) in [6.45, 7) is 0.350. The van der Waals surface area contributed by atoms with Crippen molar-refractivity contribution < 1.29 is 13.9 Å². The predicted molar refractivity (Wildman–Crippen MR) is 73.3 cm³/mol. The van der Waals surface area contributed by atoms with Gasteiger partial charge in [0.25, 0.3) is 0 Å². The maximum atomic E-state index is 13.2. The standard InChI is InChI=1S/C16H13F2NO/c17-13-6-11(7-14(18)8-13)9-19-5-4-15-12(10-20)2-1-3-16(15)19/h1-8,20H,9-10H2. The molecule has 102 valence electrons. The molecule has 0 bridgehead atoms. The van der Waals surface area contributed by atoms with Crippen molar-refractivity contribution in [2.75, 3.05) is 0 Å². The molecule has 0 aliphatic carbocycles. The summed E-state index contributed by atoms with van der Waals surface area (Å²) in [5.74, 6) is -1.15. The lowest BCUT2D eigenvalue weighted by Crippen LogP contribution is -1.99. The molecule has 0 aliphatic rings. The van der Waals surface area contributed by atoms with Gasteiger partial charge < -0.3 is 9.67 Å². The zero-order chi connectivity index (χ0) is 14.1. The number of benzene rings is 2. The van der Waals surface area contributed by atoms with Crippen molar-refractivity contribution in [3.63, 3.8) is 0 Å². The first-order chi connectivity index (χ1) is 9.67. The molecule has 1 aromatic heterocycles. The van der Waals surface area contributed by atoms with E-state index in [1.54, 1.807) is 0 Å². The van der Waals surface area contributed by atoms with Gasteiger partial charge in [0.2, 0.25) is 0 Å². The van der Waals surface area contributed by atoms with Gasteiger partial charge in [0.15, 0.2) is 0 Å². The number of hydrogen-bond donors (Lipinski definition) is 1. The quantitative estimate of drug-likeness (QED) is 0.776. The lowest BCUT2D eigenvalue weighted by molar-refractivity contribution is 0.283. The van der Waals surface area contributed by atoms with E-state index in [0.29, 0.717) is 12.1 Å². The molecule has 4 heteroatoms. The third-order valence-corrected chi connectivity index (χ3v) is 3.35. The first kappa shape index (κ1) is 12.8. The molecule has 0 aliphatic heterocycles. The maximum absolute atomic E-state index is 13.2. The Bertz CT molecular complexity index is 744. The summed E-state index contributed by atoms with van der Waals surface area (Å²) in [5.41, 5.74) is 2.34. The van der Waals surface area contributed by atoms with Crippen molar-refractivity contribution >= 4 is 10.9 Å². The predicted octanol–water partition coefficient (Wildman–Crippen LogP) is 3.46. The van der Waals surface area contributed by atoms with E-state index in [1.807, 2.05) is 35.0 Å². The molecular formula is C16H13F2NO. The zero-order valence-electron chi connectivity index (χ0n) is 10.7. The third-order valence-electron chi connectivity index (χ3n) is 3.35. The molecule has 3 rings (SSSR count). The van der Waals surface area contributed by atoms with Gasteiger partial charge in [0.1, 0.15) is 11.6 Å². The minimum atomic E-state index is -0.576. The van der Waals surface area contributed by atoms with Gasteiger partial charge in [-0.15, -0.1) is 0 Å². The van der Waals surface area contributed by atoms with Crippen molar-refractivity contribution in [1.29, 1.82) is 0 Å². The summed E-state index contributed by atoms with van der Waals surface area (Å²) >= 11 is 0. The molecule has 1 heterocycles. The molecule has 1 N–H and O–H groups in total. The number of aromatic nitrogens is 1. The fourth-order valence-corrected chi connectivity index (χ4v) is 2.46. The van der Waals surface area contributed by atoms with E-state index in [0.717, 1.165) is 22.5 Å². The number of rotatable bonds is 3. The Morgan fingerprint density at radius 1 is 1.00 bits per heavy atom. The highest BCUT2D eigenvalue weighted by atomic mass is 19.1. The summed E-state index contributed by atoms with van der Waals surface area (Å²) in [7, 11) is 0. The largest absolute Gasteiger partial charge is 0.392 e. The van der Waals surface area contributed by atoms with Gasteiger partial charge in [-0.1, -0.05) is 12.1 Å². The van der Waals surface area contributed by atoms with Gasteiger partial charge in [-0.3, -0.25) is 0 Å². The van der Waals surface area contributed by atoms with Crippen LogP contribution in [0.4, 0.5) is 8.78 Å². The number of nitrogens with zero attached hydrogens (tertiary/aromatic N) is 1. The number of fused-ring (bicyclic) bond motifs is 1. The summed E-state index contributed by atoms with van der Waals surface area (Å²) in [6.07, 6.45) is 1.85. The summed E-state index contributed by atoms with van der Waals surface area (Å²) in [4.78, 5) is 0. The monoisotopic (exact) mass is 273 g/mol. The summed E-state index contributed by atoms with van der Waals surface area (Å²) in [6, 6.07) is 11.0. The Morgan fingerprint density at radius 2 is 1.75 bits per heavy atom. The second-order valence-corrected chi connectivity index (χ2v) is 4.73. The highest BCUT2D eigenvalue weighted by Gasteiger charge is 2.07. The zero-order valence-corrected chi connectivity index (χ0v) is 10.7. The normalized spacial score (nSPS) is 11.2. The van der Waals surface area contributed by atoms with E-state index in [-0.39, 0.29) is 6.61 Å². The van der Waals surface area contributed by atoms with Crippen LogP contribution in [0.25, 0.3) is 10.9 Å². The average molecular weight is 273 g/mol. The van der Waals surface area contributed by atoms with Crippen molar-refractivity contribution in [1.82, 2.24) is 4.57 Å². The van der Waals surface area contributed by atoms with Crippen LogP contribution < -0.4 is 0 Å². The topological polar surface area (TPSA) is 25.2 Å². The van der Waals surface area contributed by atoms with Crippen molar-refractivity contribution in [3.8, 4) is 0 Å². The van der Waals surface area contributed by atoms with Gasteiger partial charge in [0.05, 0.1) is 6.61 Å². The molecule has 0 saturated carbocycles. The molecule has 0 saturated heterocycles. The van der Waals surface area contributed by atoms with Crippen LogP contribution in [0.3, 0.4) is 0 Å². The average Bonchev–Trinajstić information content (AvgIpc) is 2.81. The number of halogens is 2. The molecule has 0 atom stereocenters. The fraction of sp³-hybridized carbons (Fsp3) is 0.125. The fourth-order valence-electron chi connectivity index (χ4n) is 2.46. The highest BCUT2D eigenvalue weighted by Crippen LogP contribution is 2.21. The molecule has 0 radical (unpaired) electrons. The Balaban J connectivity index is 2.03. The number of hydrogen-bond acceptors (Lipinski definition) is 1. The Labute approximate surface area is 114 Å². The maximum Gasteiger partial charge on any atom is 0.126 e. The smallest absolute Gasteiger partial charge is 0.126 e. The molecule has 0 spiro atoms. The molecule has 2 aromatic carbocycles. The third kappa shape index (κ3) is 2.30. The van der Waals surface area contributed by atoms with Crippen molar-refractivity contribution in [3.05, 3.63) is 71.4 Å². The first-order valence-corrected chi connectivity index (χ1v) is 6.30. The molecular weight excluding hydrogens is 260 g/mol. The van der Waals surface area contributed by atoms with Gasteiger partial charge in [-0.25, -0.2) is 8.78 Å². The van der Waals surface area contributed by atoms with Crippen LogP contribution in [0.15, 0.2) is 48.7 Å². The van der Waals surface area contributed by atoms with Gasteiger partial charge in [0, 0.05) is 29.7 Å². The summed E-state index contributed by atoms with van der Waals surface area (Å²) < 4.78 is 28.3. The van der Waals surface area contributed by atoms with Crippen LogP contribution in [-0.4, -0.2) is 9.67 Å². The number of aliphatic hydroxyl groups is 1. The molecule has 3 aromatic rings. The van der Waals surface area contributed by atoms with Gasteiger partial charge in [-0.2, -0.15) is 0 Å². The van der Waals surface area contributed by atoms with E-state index in [1.165, 1.54) is 12.1 Å². The van der Waals surface area contributed by atoms with E-state index in [4.69, 9.17) is 0 Å². The van der Waals surface area contributed by atoms with Crippen LogP contribution in [0, 0.1) is 11.6 Å². The van der Waals surface area contributed by atoms with Crippen LogP contribution in [0.5, 0.6) is 0 Å². The second kappa shape index (κ2) is 5.06. The lowest BCUT2D eigenvalue weighted by Gasteiger charge is -2.07. The van der Waals surface area contributed by atoms with Crippen LogP contribution in [0.1, 0.15) is 11.1 Å². The number of aliphatic hydroxyl groups excluding tert-OH is 1. The Morgan fingerprint density at radius 3 is 2.45 bits per heavy atom. The lowest BCUT2D eigenvalue weighted by atomic mass is 10.1. The Hall–Kier alpha value is -2.20. The minimum Gasteiger partial charge on any atom is -0.392 e. The van der Waals surface area contributed by atoms with E-state index < -0.39 is 11.6 Å². The second-order valence-electron chi connectivity index (χ2n) is 4.73. The molecule has 2 nitrogen and oxygen atoms in total. The molecule has 0 amide bonds. The molecule has 20 heavy (non-hydrogen) atoms. The van der Waals surface area contributed by atoms with Crippen molar-refractivity contribution in [2.45, 2.75) is 13.2 Å². The van der Waals surface area contributed by atoms with E-state index >= 15 is 0 Å². The van der Waals surface area contributed by atoms with E-state index in [9.17, 15) is 13.9 Å². The molecule has 0 unspecified atom stereocenters. The summed E-state index contributed by atoms with van der Waals surface area (Å²) in [5, 5.41) is 10.2. The van der Waals surface area contributed by atoms with Gasteiger partial charge in [-0.05, 0) is 35.4 Å². The van der Waals surface area contributed by atoms with Crippen LogP contribution in [-0.2, 0) is 13.2 Å².